The number of hydrogen-bond donors (Lipinski definition) is 2. The van der Waals surface area contributed by atoms with Gasteiger partial charge < -0.3 is 10.4 Å². The van der Waals surface area contributed by atoms with E-state index in [0.717, 1.165) is 63.0 Å². The number of allylic oxidation sites excluding steroid dienone is 1. The zero-order valence-corrected chi connectivity index (χ0v) is 14.3. The topological polar surface area (TPSA) is 52.6 Å². The summed E-state index contributed by atoms with van der Waals surface area (Å²) in [5.41, 5.74) is 3.07. The first-order valence-corrected chi connectivity index (χ1v) is 9.17. The van der Waals surface area contributed by atoms with Gasteiger partial charge in [-0.25, -0.2) is 0 Å². The van der Waals surface area contributed by atoms with E-state index >= 15 is 0 Å². The van der Waals surface area contributed by atoms with Crippen LogP contribution >= 0.6 is 0 Å². The number of nitrogens with one attached hydrogen (secondary N) is 1. The molecule has 0 bridgehead atoms. The van der Waals surface area contributed by atoms with E-state index in [1.807, 2.05) is 12.1 Å². The number of amides is 1. The Kier molecular flexibility index (Phi) is 6.05. The summed E-state index contributed by atoms with van der Waals surface area (Å²) >= 11 is 0. The SMILES string of the molecule is O=C(Nc1ccc(CN2CCC(CO)CC2)cc1)C1=CCCCC1. The normalized spacial score (nSPS) is 19.8. The van der Waals surface area contributed by atoms with Crippen LogP contribution in [-0.2, 0) is 11.3 Å². The van der Waals surface area contributed by atoms with Gasteiger partial charge in [-0.1, -0.05) is 18.2 Å². The van der Waals surface area contributed by atoms with Crippen LogP contribution in [0.3, 0.4) is 0 Å². The average Bonchev–Trinajstić information content (AvgIpc) is 2.65. The van der Waals surface area contributed by atoms with Crippen LogP contribution in [-0.4, -0.2) is 35.6 Å². The van der Waals surface area contributed by atoms with E-state index < -0.39 is 0 Å². The standard InChI is InChI=1S/C20H28N2O2/c23-15-17-10-12-22(13-11-17)14-16-6-8-19(9-7-16)21-20(24)18-4-2-1-3-5-18/h4,6-9,17,23H,1-3,5,10-15H2,(H,21,24). The van der Waals surface area contributed by atoms with Gasteiger partial charge in [0.25, 0.3) is 5.91 Å². The van der Waals surface area contributed by atoms with Crippen molar-refractivity contribution in [2.24, 2.45) is 5.92 Å². The number of aliphatic hydroxyl groups excluding tert-OH is 1. The van der Waals surface area contributed by atoms with Crippen molar-refractivity contribution >= 4 is 11.6 Å². The van der Waals surface area contributed by atoms with Crippen molar-refractivity contribution in [3.05, 3.63) is 41.5 Å². The molecule has 0 aromatic heterocycles. The monoisotopic (exact) mass is 328 g/mol. The van der Waals surface area contributed by atoms with Crippen LogP contribution in [0.2, 0.25) is 0 Å². The fourth-order valence-electron chi connectivity index (χ4n) is 3.53. The van der Waals surface area contributed by atoms with Gasteiger partial charge in [0.15, 0.2) is 0 Å². The zero-order chi connectivity index (χ0) is 16.8. The molecule has 0 spiro atoms. The molecule has 1 aliphatic heterocycles. The third-order valence-corrected chi connectivity index (χ3v) is 5.17. The molecule has 1 aromatic carbocycles. The van der Waals surface area contributed by atoms with Gasteiger partial charge in [0.1, 0.15) is 0 Å². The Balaban J connectivity index is 1.50. The second-order valence-electron chi connectivity index (χ2n) is 7.03. The Hall–Kier alpha value is -1.65. The lowest BCUT2D eigenvalue weighted by Gasteiger charge is -2.31. The molecule has 130 valence electrons. The Morgan fingerprint density at radius 2 is 1.92 bits per heavy atom. The number of rotatable bonds is 5. The quantitative estimate of drug-likeness (QED) is 0.872. The second-order valence-corrected chi connectivity index (χ2v) is 7.03. The van der Waals surface area contributed by atoms with Gasteiger partial charge in [-0.2, -0.15) is 0 Å². The Morgan fingerprint density at radius 3 is 2.54 bits per heavy atom. The Labute approximate surface area is 144 Å². The summed E-state index contributed by atoms with van der Waals surface area (Å²) < 4.78 is 0. The van der Waals surface area contributed by atoms with Gasteiger partial charge in [-0.15, -0.1) is 0 Å². The number of anilines is 1. The maximum Gasteiger partial charge on any atom is 0.251 e. The van der Waals surface area contributed by atoms with Crippen molar-refractivity contribution in [3.63, 3.8) is 0 Å². The summed E-state index contributed by atoms with van der Waals surface area (Å²) in [5.74, 6) is 0.529. The highest BCUT2D eigenvalue weighted by Gasteiger charge is 2.18. The molecular weight excluding hydrogens is 300 g/mol. The first kappa shape index (κ1) is 17.2. The Bertz CT molecular complexity index is 572. The molecule has 4 heteroatoms. The number of benzene rings is 1. The summed E-state index contributed by atoms with van der Waals surface area (Å²) in [6.45, 7) is 3.37. The number of piperidine rings is 1. The fourth-order valence-corrected chi connectivity index (χ4v) is 3.53. The molecule has 2 N–H and O–H groups in total. The van der Waals surface area contributed by atoms with E-state index in [1.165, 1.54) is 12.0 Å². The smallest absolute Gasteiger partial charge is 0.251 e. The summed E-state index contributed by atoms with van der Waals surface area (Å²) in [7, 11) is 0. The highest BCUT2D eigenvalue weighted by atomic mass is 16.3. The molecule has 1 heterocycles. The fraction of sp³-hybridized carbons (Fsp3) is 0.550. The second kappa shape index (κ2) is 8.45. The molecule has 1 aliphatic carbocycles. The average molecular weight is 328 g/mol. The minimum atomic E-state index is 0.0496. The minimum absolute atomic E-state index is 0.0496. The van der Waals surface area contributed by atoms with E-state index in [9.17, 15) is 9.90 Å². The first-order chi connectivity index (χ1) is 11.7. The maximum atomic E-state index is 12.2. The molecule has 1 amide bonds. The lowest BCUT2D eigenvalue weighted by Crippen LogP contribution is -2.34. The summed E-state index contributed by atoms with van der Waals surface area (Å²) in [6, 6.07) is 8.19. The molecule has 0 radical (unpaired) electrons. The van der Waals surface area contributed by atoms with Crippen molar-refractivity contribution in [2.75, 3.05) is 25.0 Å². The molecule has 4 nitrogen and oxygen atoms in total. The molecule has 24 heavy (non-hydrogen) atoms. The zero-order valence-electron chi connectivity index (χ0n) is 14.3. The molecule has 1 aromatic rings. The summed E-state index contributed by atoms with van der Waals surface area (Å²) in [4.78, 5) is 14.7. The third kappa shape index (κ3) is 4.68. The third-order valence-electron chi connectivity index (χ3n) is 5.17. The van der Waals surface area contributed by atoms with Crippen LogP contribution in [0, 0.1) is 5.92 Å². The van der Waals surface area contributed by atoms with Crippen LogP contribution in [0.15, 0.2) is 35.9 Å². The lowest BCUT2D eigenvalue weighted by molar-refractivity contribution is -0.113. The van der Waals surface area contributed by atoms with Gasteiger partial charge in [-0.3, -0.25) is 9.69 Å². The molecule has 3 rings (SSSR count). The molecule has 0 unspecified atom stereocenters. The van der Waals surface area contributed by atoms with E-state index in [0.29, 0.717) is 12.5 Å². The summed E-state index contributed by atoms with van der Waals surface area (Å²) in [6.07, 6.45) is 8.47. The van der Waals surface area contributed by atoms with E-state index in [2.05, 4.69) is 28.4 Å². The molecule has 1 saturated heterocycles. The highest BCUT2D eigenvalue weighted by Crippen LogP contribution is 2.21. The predicted octanol–water partition coefficient (Wildman–Crippen LogP) is 3.33. The van der Waals surface area contributed by atoms with Crippen molar-refractivity contribution in [1.82, 2.24) is 4.90 Å². The van der Waals surface area contributed by atoms with E-state index in [4.69, 9.17) is 0 Å². The highest BCUT2D eigenvalue weighted by molar-refractivity contribution is 6.03. The lowest BCUT2D eigenvalue weighted by atomic mass is 9.97. The minimum Gasteiger partial charge on any atom is -0.396 e. The molecule has 0 atom stereocenters. The van der Waals surface area contributed by atoms with Crippen molar-refractivity contribution in [3.8, 4) is 0 Å². The summed E-state index contributed by atoms with van der Waals surface area (Å²) in [5, 5.41) is 12.2. The number of aliphatic hydroxyl groups is 1. The van der Waals surface area contributed by atoms with Crippen molar-refractivity contribution < 1.29 is 9.90 Å². The first-order valence-electron chi connectivity index (χ1n) is 9.17. The maximum absolute atomic E-state index is 12.2. The largest absolute Gasteiger partial charge is 0.396 e. The number of hydrogen-bond acceptors (Lipinski definition) is 3. The number of likely N-dealkylation sites (tertiary alicyclic amines) is 1. The van der Waals surface area contributed by atoms with Gasteiger partial charge in [0, 0.05) is 24.4 Å². The van der Waals surface area contributed by atoms with Gasteiger partial charge in [-0.05, 0) is 75.2 Å². The molecule has 2 aliphatic rings. The van der Waals surface area contributed by atoms with Crippen LogP contribution in [0.25, 0.3) is 0 Å². The number of carbonyl (C=O) groups excluding carboxylic acids is 1. The predicted molar refractivity (Wildman–Crippen MR) is 96.7 cm³/mol. The van der Waals surface area contributed by atoms with Gasteiger partial charge in [0.05, 0.1) is 0 Å². The van der Waals surface area contributed by atoms with E-state index in [-0.39, 0.29) is 5.91 Å². The number of nitrogens with zero attached hydrogens (tertiary/aromatic N) is 1. The van der Waals surface area contributed by atoms with Gasteiger partial charge in [0.2, 0.25) is 0 Å². The molecule has 0 saturated carbocycles. The van der Waals surface area contributed by atoms with Crippen LogP contribution in [0.1, 0.15) is 44.1 Å². The van der Waals surface area contributed by atoms with Crippen LogP contribution in [0.4, 0.5) is 5.69 Å². The molecular formula is C20H28N2O2. The van der Waals surface area contributed by atoms with Gasteiger partial charge >= 0.3 is 0 Å². The van der Waals surface area contributed by atoms with E-state index in [1.54, 1.807) is 0 Å². The van der Waals surface area contributed by atoms with Crippen LogP contribution in [0.5, 0.6) is 0 Å². The Morgan fingerprint density at radius 1 is 1.17 bits per heavy atom. The van der Waals surface area contributed by atoms with Crippen LogP contribution < -0.4 is 5.32 Å². The van der Waals surface area contributed by atoms with Crippen molar-refractivity contribution in [1.29, 1.82) is 0 Å². The molecule has 1 fully saturated rings. The number of carbonyl (C=O) groups is 1. The van der Waals surface area contributed by atoms with Crippen molar-refractivity contribution in [2.45, 2.75) is 45.1 Å².